The number of nitrogens with one attached hydrogen (secondary N) is 3. The van der Waals surface area contributed by atoms with E-state index in [1.807, 2.05) is 45.0 Å². The maximum Gasteiger partial charge on any atom is 0.279 e. The molecule has 0 aliphatic carbocycles. The summed E-state index contributed by atoms with van der Waals surface area (Å²) in [7, 11) is 1.56. The van der Waals surface area contributed by atoms with E-state index < -0.39 is 0 Å². The van der Waals surface area contributed by atoms with E-state index in [4.69, 9.17) is 16.3 Å². The first-order valence-corrected chi connectivity index (χ1v) is 10.0. The fourth-order valence-corrected chi connectivity index (χ4v) is 3.62. The van der Waals surface area contributed by atoms with Crippen molar-refractivity contribution in [2.45, 2.75) is 27.2 Å². The Kier molecular flexibility index (Phi) is 8.49. The third-order valence-corrected chi connectivity index (χ3v) is 4.80. The highest BCUT2D eigenvalue weighted by molar-refractivity contribution is 6.34. The molecule has 1 atom stereocenters. The van der Waals surface area contributed by atoms with Gasteiger partial charge >= 0.3 is 0 Å². The fraction of sp³-hybridized carbons (Fsp3) is 0.364. The molecule has 6 nitrogen and oxygen atoms in total. The van der Waals surface area contributed by atoms with Crippen LogP contribution < -0.4 is 20.3 Å². The molecule has 2 aromatic carbocycles. The van der Waals surface area contributed by atoms with Crippen LogP contribution in [0.4, 0.5) is 11.4 Å². The van der Waals surface area contributed by atoms with E-state index in [1.165, 1.54) is 0 Å². The van der Waals surface area contributed by atoms with Crippen LogP contribution in [-0.2, 0) is 9.59 Å². The highest BCUT2D eigenvalue weighted by Gasteiger charge is 2.19. The number of para-hydroxylation sites is 2. The summed E-state index contributed by atoms with van der Waals surface area (Å²) in [5.74, 6) is 0.253. The minimum atomic E-state index is -0.174. The number of carbonyl (C=O) groups is 2. The highest BCUT2D eigenvalue weighted by atomic mass is 35.5. The lowest BCUT2D eigenvalue weighted by molar-refractivity contribution is -0.883. The number of hydrogen-bond acceptors (Lipinski definition) is 3. The summed E-state index contributed by atoms with van der Waals surface area (Å²) in [6.07, 6.45) is 0.856. The van der Waals surface area contributed by atoms with Gasteiger partial charge < -0.3 is 20.3 Å². The van der Waals surface area contributed by atoms with Gasteiger partial charge in [-0.3, -0.25) is 9.59 Å². The van der Waals surface area contributed by atoms with Gasteiger partial charge in [-0.2, -0.15) is 0 Å². The van der Waals surface area contributed by atoms with Crippen LogP contribution >= 0.6 is 11.6 Å². The maximum atomic E-state index is 12.6. The summed E-state index contributed by atoms with van der Waals surface area (Å²) in [4.78, 5) is 26.0. The molecule has 3 N–H and O–H groups in total. The molecule has 0 saturated carbocycles. The summed E-state index contributed by atoms with van der Waals surface area (Å²) in [6.45, 7) is 6.95. The van der Waals surface area contributed by atoms with Crippen molar-refractivity contribution in [2.24, 2.45) is 0 Å². The van der Waals surface area contributed by atoms with Crippen molar-refractivity contribution in [2.75, 3.05) is 37.4 Å². The van der Waals surface area contributed by atoms with E-state index in [-0.39, 0.29) is 24.9 Å². The van der Waals surface area contributed by atoms with Gasteiger partial charge in [-0.1, -0.05) is 36.7 Å². The van der Waals surface area contributed by atoms with Crippen molar-refractivity contribution >= 4 is 34.8 Å². The van der Waals surface area contributed by atoms with Gasteiger partial charge in [-0.15, -0.1) is 0 Å². The lowest BCUT2D eigenvalue weighted by Gasteiger charge is -2.19. The molecule has 2 amide bonds. The monoisotopic (exact) mass is 418 g/mol. The fourth-order valence-electron chi connectivity index (χ4n) is 3.25. The van der Waals surface area contributed by atoms with E-state index in [0.717, 1.165) is 22.4 Å². The second kappa shape index (κ2) is 10.8. The predicted molar refractivity (Wildman–Crippen MR) is 117 cm³/mol. The average Bonchev–Trinajstić information content (AvgIpc) is 2.65. The molecule has 0 aromatic heterocycles. The molecule has 156 valence electrons. The molecule has 7 heteroatoms. The summed E-state index contributed by atoms with van der Waals surface area (Å²) in [5, 5.41) is 6.27. The van der Waals surface area contributed by atoms with Crippen LogP contribution in [0.5, 0.6) is 5.75 Å². The molecular formula is C22H29ClN3O3+. The number of hydrogen-bond donors (Lipinski definition) is 3. The topological polar surface area (TPSA) is 71.9 Å². The first-order valence-electron chi connectivity index (χ1n) is 9.67. The number of ether oxygens (including phenoxy) is 1. The van der Waals surface area contributed by atoms with E-state index in [9.17, 15) is 9.59 Å². The number of carbonyl (C=O) groups excluding carboxylic acids is 2. The predicted octanol–water partition coefficient (Wildman–Crippen LogP) is 2.84. The van der Waals surface area contributed by atoms with E-state index in [1.54, 1.807) is 19.2 Å². The first-order chi connectivity index (χ1) is 13.8. The van der Waals surface area contributed by atoms with Gasteiger partial charge in [0.1, 0.15) is 5.75 Å². The molecule has 29 heavy (non-hydrogen) atoms. The highest BCUT2D eigenvalue weighted by Crippen LogP contribution is 2.27. The second-order valence-electron chi connectivity index (χ2n) is 7.09. The van der Waals surface area contributed by atoms with Crippen LogP contribution in [0.15, 0.2) is 36.4 Å². The van der Waals surface area contributed by atoms with Crippen LogP contribution in [0.2, 0.25) is 5.02 Å². The van der Waals surface area contributed by atoms with E-state index >= 15 is 0 Å². The number of rotatable bonds is 9. The lowest BCUT2D eigenvalue weighted by atomic mass is 10.1. The number of aryl methyl sites for hydroxylation is 2. The van der Waals surface area contributed by atoms with Gasteiger partial charge in [-0.25, -0.2) is 0 Å². The van der Waals surface area contributed by atoms with Crippen LogP contribution in [0.1, 0.15) is 24.5 Å². The molecule has 2 aromatic rings. The third-order valence-electron chi connectivity index (χ3n) is 4.50. The Labute approximate surface area is 177 Å². The standard InChI is InChI=1S/C22H28ClN3O3/c1-5-10-26(13-20(27)24-18-8-6-7-9-19(18)29-4)14-21(28)25-22-16(3)11-15(2)12-17(22)23/h6-9,11-12H,5,10,13-14H2,1-4H3,(H,24,27)(H,25,28)/p+1. The SMILES string of the molecule is CCC[NH+](CC(=O)Nc1ccccc1OC)CC(=O)Nc1c(C)cc(C)cc1Cl. The van der Waals surface area contributed by atoms with Crippen molar-refractivity contribution in [3.05, 3.63) is 52.5 Å². The van der Waals surface area contributed by atoms with Gasteiger partial charge in [-0.05, 0) is 49.6 Å². The number of amides is 2. The van der Waals surface area contributed by atoms with E-state index in [2.05, 4.69) is 10.6 Å². The summed E-state index contributed by atoms with van der Waals surface area (Å²) >= 11 is 6.28. The van der Waals surface area contributed by atoms with E-state index in [0.29, 0.717) is 28.7 Å². The smallest absolute Gasteiger partial charge is 0.279 e. The molecule has 2 rings (SSSR count). The van der Waals surface area contributed by atoms with Crippen molar-refractivity contribution < 1.29 is 19.2 Å². The number of halogens is 1. The van der Waals surface area contributed by atoms with Crippen LogP contribution in [0.3, 0.4) is 0 Å². The number of anilines is 2. The maximum absolute atomic E-state index is 12.6. The Morgan fingerprint density at radius 2 is 1.72 bits per heavy atom. The Balaban J connectivity index is 2.00. The second-order valence-corrected chi connectivity index (χ2v) is 7.50. The van der Waals surface area contributed by atoms with Gasteiger partial charge in [0.25, 0.3) is 11.8 Å². The largest absolute Gasteiger partial charge is 0.495 e. The quantitative estimate of drug-likeness (QED) is 0.586. The zero-order valence-electron chi connectivity index (χ0n) is 17.4. The van der Waals surface area contributed by atoms with Gasteiger partial charge in [0.05, 0.1) is 30.1 Å². The summed E-state index contributed by atoms with van der Waals surface area (Å²) in [5.41, 5.74) is 3.19. The lowest BCUT2D eigenvalue weighted by Crippen LogP contribution is -3.14. The van der Waals surface area contributed by atoms with Crippen LogP contribution in [0.25, 0.3) is 0 Å². The zero-order valence-corrected chi connectivity index (χ0v) is 18.2. The molecule has 0 heterocycles. The molecule has 0 radical (unpaired) electrons. The molecule has 0 spiro atoms. The number of benzene rings is 2. The Morgan fingerprint density at radius 1 is 1.07 bits per heavy atom. The third kappa shape index (κ3) is 6.76. The average molecular weight is 419 g/mol. The minimum Gasteiger partial charge on any atom is -0.495 e. The molecule has 0 saturated heterocycles. The Morgan fingerprint density at radius 3 is 2.34 bits per heavy atom. The molecule has 1 unspecified atom stereocenters. The summed E-state index contributed by atoms with van der Waals surface area (Å²) < 4.78 is 5.26. The van der Waals surface area contributed by atoms with Crippen molar-refractivity contribution in [1.29, 1.82) is 0 Å². The van der Waals surface area contributed by atoms with Crippen LogP contribution in [-0.4, -0.2) is 38.6 Å². The normalized spacial score (nSPS) is 11.6. The zero-order chi connectivity index (χ0) is 21.4. The molecule has 0 bridgehead atoms. The first kappa shape index (κ1) is 22.7. The van der Waals surface area contributed by atoms with Crippen molar-refractivity contribution in [3.63, 3.8) is 0 Å². The molecule has 0 aliphatic heterocycles. The minimum absolute atomic E-state index is 0.171. The Bertz CT molecular complexity index is 847. The number of methoxy groups -OCH3 is 1. The molecule has 0 fully saturated rings. The van der Waals surface area contributed by atoms with Crippen molar-refractivity contribution in [3.8, 4) is 5.75 Å². The Hall–Kier alpha value is -2.57. The van der Waals surface area contributed by atoms with Crippen molar-refractivity contribution in [1.82, 2.24) is 0 Å². The molecule has 0 aliphatic rings. The van der Waals surface area contributed by atoms with Gasteiger partial charge in [0.2, 0.25) is 0 Å². The number of quaternary nitrogens is 1. The summed E-state index contributed by atoms with van der Waals surface area (Å²) in [6, 6.07) is 11.0. The van der Waals surface area contributed by atoms with Gasteiger partial charge in [0, 0.05) is 0 Å². The van der Waals surface area contributed by atoms with Crippen LogP contribution in [0, 0.1) is 13.8 Å². The van der Waals surface area contributed by atoms with Gasteiger partial charge in [0.15, 0.2) is 13.1 Å². The molecular weight excluding hydrogens is 390 g/mol.